The molecule has 0 aliphatic rings. The first-order chi connectivity index (χ1) is 12.2. The lowest BCUT2D eigenvalue weighted by Gasteiger charge is -2.09. The molecule has 2 N–H and O–H groups in total. The standard InChI is InChI=1S/C19H19FN4O/c1-2-25-17-9-7-16(8-10-17)24-19-11-18(22-13-23-19)21-12-14-3-5-15(20)6-4-14/h3-11,13H,2,12H2,1H3,(H2,21,22,23,24). The third-order valence-corrected chi connectivity index (χ3v) is 3.49. The van der Waals surface area contributed by atoms with Crippen molar-refractivity contribution in [1.82, 2.24) is 9.97 Å². The van der Waals surface area contributed by atoms with Crippen LogP contribution in [0.15, 0.2) is 60.9 Å². The molecule has 0 radical (unpaired) electrons. The van der Waals surface area contributed by atoms with Gasteiger partial charge >= 0.3 is 0 Å². The fourth-order valence-electron chi connectivity index (χ4n) is 2.27. The lowest BCUT2D eigenvalue weighted by atomic mass is 10.2. The maximum absolute atomic E-state index is 12.9. The molecule has 128 valence electrons. The average molecular weight is 338 g/mol. The molecule has 0 aliphatic carbocycles. The van der Waals surface area contributed by atoms with Crippen molar-refractivity contribution < 1.29 is 9.13 Å². The van der Waals surface area contributed by atoms with Crippen LogP contribution >= 0.6 is 0 Å². The fourth-order valence-corrected chi connectivity index (χ4v) is 2.27. The lowest BCUT2D eigenvalue weighted by Crippen LogP contribution is -2.03. The number of halogens is 1. The largest absolute Gasteiger partial charge is 0.494 e. The van der Waals surface area contributed by atoms with Crippen LogP contribution in [-0.2, 0) is 6.54 Å². The molecular formula is C19H19FN4O. The molecule has 1 aromatic heterocycles. The van der Waals surface area contributed by atoms with Crippen molar-refractivity contribution in [1.29, 1.82) is 0 Å². The molecule has 5 nitrogen and oxygen atoms in total. The van der Waals surface area contributed by atoms with E-state index in [-0.39, 0.29) is 5.82 Å². The Kier molecular flexibility index (Phi) is 5.41. The van der Waals surface area contributed by atoms with Gasteiger partial charge in [-0.05, 0) is 48.9 Å². The van der Waals surface area contributed by atoms with Crippen LogP contribution in [0.2, 0.25) is 0 Å². The number of anilines is 3. The van der Waals surface area contributed by atoms with Gasteiger partial charge in [0.1, 0.15) is 29.5 Å². The van der Waals surface area contributed by atoms with E-state index in [1.165, 1.54) is 18.5 Å². The molecule has 3 aromatic rings. The molecule has 0 aliphatic heterocycles. The molecule has 0 unspecified atom stereocenters. The monoisotopic (exact) mass is 338 g/mol. The minimum Gasteiger partial charge on any atom is -0.494 e. The minimum absolute atomic E-state index is 0.243. The summed E-state index contributed by atoms with van der Waals surface area (Å²) in [5.41, 5.74) is 1.88. The maximum Gasteiger partial charge on any atom is 0.135 e. The van der Waals surface area contributed by atoms with Crippen molar-refractivity contribution in [3.63, 3.8) is 0 Å². The maximum atomic E-state index is 12.9. The zero-order valence-electron chi connectivity index (χ0n) is 13.9. The van der Waals surface area contributed by atoms with Crippen molar-refractivity contribution in [3.05, 3.63) is 72.3 Å². The summed E-state index contributed by atoms with van der Waals surface area (Å²) < 4.78 is 18.3. The summed E-state index contributed by atoms with van der Waals surface area (Å²) in [7, 11) is 0. The third-order valence-electron chi connectivity index (χ3n) is 3.49. The van der Waals surface area contributed by atoms with Crippen molar-refractivity contribution in [3.8, 4) is 5.75 Å². The molecule has 0 fully saturated rings. The second kappa shape index (κ2) is 8.10. The van der Waals surface area contributed by atoms with E-state index < -0.39 is 0 Å². The molecular weight excluding hydrogens is 319 g/mol. The molecule has 3 rings (SSSR count). The van der Waals surface area contributed by atoms with Gasteiger partial charge in [-0.3, -0.25) is 0 Å². The van der Waals surface area contributed by atoms with Gasteiger partial charge in [-0.2, -0.15) is 0 Å². The van der Waals surface area contributed by atoms with Crippen molar-refractivity contribution >= 4 is 17.3 Å². The number of nitrogens with one attached hydrogen (secondary N) is 2. The second-order valence-electron chi connectivity index (χ2n) is 5.35. The Hall–Kier alpha value is -3.15. The van der Waals surface area contributed by atoms with Crippen LogP contribution in [0, 0.1) is 5.82 Å². The summed E-state index contributed by atoms with van der Waals surface area (Å²) in [6.45, 7) is 3.15. The van der Waals surface area contributed by atoms with Crippen molar-refractivity contribution in [2.45, 2.75) is 13.5 Å². The topological polar surface area (TPSA) is 59.1 Å². The van der Waals surface area contributed by atoms with E-state index in [2.05, 4.69) is 20.6 Å². The van der Waals surface area contributed by atoms with E-state index in [0.717, 1.165) is 17.0 Å². The van der Waals surface area contributed by atoms with E-state index in [0.29, 0.717) is 24.8 Å². The van der Waals surface area contributed by atoms with E-state index >= 15 is 0 Å². The Morgan fingerprint density at radius 3 is 2.40 bits per heavy atom. The molecule has 0 saturated heterocycles. The first-order valence-electron chi connectivity index (χ1n) is 8.03. The first-order valence-corrected chi connectivity index (χ1v) is 8.03. The summed E-state index contributed by atoms with van der Waals surface area (Å²) >= 11 is 0. The van der Waals surface area contributed by atoms with Crippen LogP contribution in [0.3, 0.4) is 0 Å². The van der Waals surface area contributed by atoms with Crippen LogP contribution in [0.1, 0.15) is 12.5 Å². The molecule has 0 amide bonds. The number of benzene rings is 2. The van der Waals surface area contributed by atoms with E-state index in [1.54, 1.807) is 12.1 Å². The van der Waals surface area contributed by atoms with Crippen LogP contribution < -0.4 is 15.4 Å². The van der Waals surface area contributed by atoms with Gasteiger partial charge in [0, 0.05) is 18.3 Å². The van der Waals surface area contributed by atoms with Crippen molar-refractivity contribution in [2.24, 2.45) is 0 Å². The highest BCUT2D eigenvalue weighted by Crippen LogP contribution is 2.20. The number of aromatic nitrogens is 2. The zero-order chi connectivity index (χ0) is 17.5. The molecule has 6 heteroatoms. The number of hydrogen-bond acceptors (Lipinski definition) is 5. The van der Waals surface area contributed by atoms with Gasteiger partial charge < -0.3 is 15.4 Å². The molecule has 0 saturated carbocycles. The van der Waals surface area contributed by atoms with Crippen LogP contribution in [0.4, 0.5) is 21.7 Å². The summed E-state index contributed by atoms with van der Waals surface area (Å²) in [5.74, 6) is 1.96. The second-order valence-corrected chi connectivity index (χ2v) is 5.35. The van der Waals surface area contributed by atoms with Gasteiger partial charge in [0.2, 0.25) is 0 Å². The Labute approximate surface area is 145 Å². The smallest absolute Gasteiger partial charge is 0.135 e. The SMILES string of the molecule is CCOc1ccc(Nc2cc(NCc3ccc(F)cc3)ncn2)cc1. The fraction of sp³-hybridized carbons (Fsp3) is 0.158. The third kappa shape index (κ3) is 4.91. The van der Waals surface area contributed by atoms with Gasteiger partial charge in [0.25, 0.3) is 0 Å². The summed E-state index contributed by atoms with van der Waals surface area (Å²) in [6, 6.07) is 15.8. The quantitative estimate of drug-likeness (QED) is 0.670. The molecule has 0 bridgehead atoms. The molecule has 25 heavy (non-hydrogen) atoms. The number of nitrogens with zero attached hydrogens (tertiary/aromatic N) is 2. The van der Waals surface area contributed by atoms with E-state index in [1.807, 2.05) is 37.3 Å². The summed E-state index contributed by atoms with van der Waals surface area (Å²) in [6.07, 6.45) is 1.49. The Balaban J connectivity index is 1.61. The van der Waals surface area contributed by atoms with Crippen LogP contribution in [0.5, 0.6) is 5.75 Å². The van der Waals surface area contributed by atoms with Gasteiger partial charge in [-0.1, -0.05) is 12.1 Å². The Morgan fingerprint density at radius 1 is 0.960 bits per heavy atom. The predicted octanol–water partition coefficient (Wildman–Crippen LogP) is 4.37. The van der Waals surface area contributed by atoms with Crippen LogP contribution in [-0.4, -0.2) is 16.6 Å². The lowest BCUT2D eigenvalue weighted by molar-refractivity contribution is 0.340. The van der Waals surface area contributed by atoms with Crippen LogP contribution in [0.25, 0.3) is 0 Å². The van der Waals surface area contributed by atoms with E-state index in [9.17, 15) is 4.39 Å². The molecule has 1 heterocycles. The van der Waals surface area contributed by atoms with Gasteiger partial charge in [0.05, 0.1) is 6.61 Å². The number of ether oxygens (including phenoxy) is 1. The molecule has 0 spiro atoms. The normalized spacial score (nSPS) is 10.3. The average Bonchev–Trinajstić information content (AvgIpc) is 2.64. The number of rotatable bonds is 7. The minimum atomic E-state index is -0.243. The molecule has 2 aromatic carbocycles. The molecule has 0 atom stereocenters. The van der Waals surface area contributed by atoms with Gasteiger partial charge in [-0.25, -0.2) is 14.4 Å². The highest BCUT2D eigenvalue weighted by atomic mass is 19.1. The summed E-state index contributed by atoms with van der Waals surface area (Å²) in [5, 5.41) is 6.42. The van der Waals surface area contributed by atoms with Gasteiger partial charge in [-0.15, -0.1) is 0 Å². The predicted molar refractivity (Wildman–Crippen MR) is 96.7 cm³/mol. The number of hydrogen-bond donors (Lipinski definition) is 2. The van der Waals surface area contributed by atoms with Crippen molar-refractivity contribution in [2.75, 3.05) is 17.2 Å². The summed E-state index contributed by atoms with van der Waals surface area (Å²) in [4.78, 5) is 8.41. The highest BCUT2D eigenvalue weighted by molar-refractivity contribution is 5.59. The first kappa shape index (κ1) is 16.7. The Morgan fingerprint density at radius 2 is 1.68 bits per heavy atom. The highest BCUT2D eigenvalue weighted by Gasteiger charge is 2.01. The zero-order valence-corrected chi connectivity index (χ0v) is 13.9. The Bertz CT molecular complexity index is 806. The van der Waals surface area contributed by atoms with E-state index in [4.69, 9.17) is 4.74 Å². The van der Waals surface area contributed by atoms with Gasteiger partial charge in [0.15, 0.2) is 0 Å².